The quantitative estimate of drug-likeness (QED) is 0.283. The van der Waals surface area contributed by atoms with Crippen LogP contribution in [0.2, 0.25) is 0 Å². The van der Waals surface area contributed by atoms with E-state index < -0.39 is 5.91 Å². The first-order valence-corrected chi connectivity index (χ1v) is 13.2. The van der Waals surface area contributed by atoms with Gasteiger partial charge in [-0.1, -0.05) is 0 Å². The second-order valence-corrected chi connectivity index (χ2v) is 10.4. The van der Waals surface area contributed by atoms with Crippen molar-refractivity contribution in [3.63, 3.8) is 0 Å². The number of aryl methyl sites for hydroxylation is 1. The van der Waals surface area contributed by atoms with Crippen molar-refractivity contribution >= 4 is 45.3 Å². The smallest absolute Gasteiger partial charge is 0.260 e. The number of carbonyl (C=O) groups is 3. The molecule has 0 bridgehead atoms. The molecule has 1 aliphatic heterocycles. The van der Waals surface area contributed by atoms with E-state index in [2.05, 4.69) is 25.8 Å². The Kier molecular flexibility index (Phi) is 7.67. The summed E-state index contributed by atoms with van der Waals surface area (Å²) in [6.07, 6.45) is 10.0. The van der Waals surface area contributed by atoms with E-state index in [1.807, 2.05) is 11.9 Å². The number of nitrogens with zero attached hydrogens (tertiary/aromatic N) is 6. The van der Waals surface area contributed by atoms with Gasteiger partial charge >= 0.3 is 0 Å². The number of likely N-dealkylation sites (N-methyl/N-ethyl adjacent to an activating group) is 1. The zero-order valence-corrected chi connectivity index (χ0v) is 22.4. The number of hydrogen-bond donors (Lipinski definition) is 3. The molecule has 14 heteroatoms. The SMILES string of the molecule is Cc1ncc(NC(=O)CN(C)C2CCOCC2)cc1NC(=O)c1cnn2cc(-c3cnn(CC(N)=O)c3)sc12. The highest BCUT2D eigenvalue weighted by Crippen LogP contribution is 2.31. The molecule has 4 aromatic rings. The van der Waals surface area contributed by atoms with Gasteiger partial charge in [-0.15, -0.1) is 11.3 Å². The summed E-state index contributed by atoms with van der Waals surface area (Å²) < 4.78 is 8.48. The fourth-order valence-corrected chi connectivity index (χ4v) is 5.44. The molecule has 5 heterocycles. The highest BCUT2D eigenvalue weighted by atomic mass is 32.1. The largest absolute Gasteiger partial charge is 0.381 e. The Morgan fingerprint density at radius 1 is 1.15 bits per heavy atom. The van der Waals surface area contributed by atoms with E-state index in [9.17, 15) is 14.4 Å². The van der Waals surface area contributed by atoms with Gasteiger partial charge in [0.15, 0.2) is 0 Å². The lowest BCUT2D eigenvalue weighted by Gasteiger charge is -2.30. The minimum absolute atomic E-state index is 0.0181. The van der Waals surface area contributed by atoms with Crippen molar-refractivity contribution in [2.45, 2.75) is 32.4 Å². The molecule has 0 atom stereocenters. The standard InChI is InChI=1S/C25H29N9O4S/c1-15-20(7-17(9-27-15)30-23(36)14-32(2)18-3-5-38-6-4-18)31-24(37)19-10-29-34-12-21(39-25(19)34)16-8-28-33(11-16)13-22(26)35/h7-12,18H,3-6,13-14H2,1-2H3,(H2,26,35)(H,30,36)(H,31,37). The minimum Gasteiger partial charge on any atom is -0.381 e. The summed E-state index contributed by atoms with van der Waals surface area (Å²) in [4.78, 5) is 44.9. The monoisotopic (exact) mass is 551 g/mol. The van der Waals surface area contributed by atoms with Crippen LogP contribution in [0.3, 0.4) is 0 Å². The van der Waals surface area contributed by atoms with E-state index in [0.29, 0.717) is 46.7 Å². The number of ether oxygens (including phenoxy) is 1. The van der Waals surface area contributed by atoms with Crippen molar-refractivity contribution in [1.29, 1.82) is 0 Å². The maximum Gasteiger partial charge on any atom is 0.260 e. The molecule has 0 aliphatic carbocycles. The molecule has 0 radical (unpaired) electrons. The second-order valence-electron chi connectivity index (χ2n) is 9.41. The van der Waals surface area contributed by atoms with Crippen molar-refractivity contribution in [1.82, 2.24) is 29.3 Å². The predicted molar refractivity (Wildman–Crippen MR) is 146 cm³/mol. The maximum absolute atomic E-state index is 13.2. The number of aromatic nitrogens is 5. The van der Waals surface area contributed by atoms with Gasteiger partial charge < -0.3 is 21.1 Å². The zero-order chi connectivity index (χ0) is 27.5. The fraction of sp³-hybridized carbons (Fsp3) is 0.360. The van der Waals surface area contributed by atoms with E-state index in [1.54, 1.807) is 42.3 Å². The zero-order valence-electron chi connectivity index (χ0n) is 21.6. The van der Waals surface area contributed by atoms with Gasteiger partial charge in [-0.25, -0.2) is 4.52 Å². The number of primary amides is 1. The number of hydrogen-bond acceptors (Lipinski definition) is 9. The molecular formula is C25H29N9O4S. The Bertz CT molecular complexity index is 1520. The van der Waals surface area contributed by atoms with Crippen LogP contribution in [-0.4, -0.2) is 79.8 Å². The third-order valence-corrected chi connectivity index (χ3v) is 7.66. The van der Waals surface area contributed by atoms with Gasteiger partial charge in [-0.2, -0.15) is 10.2 Å². The summed E-state index contributed by atoms with van der Waals surface area (Å²) in [6.45, 7) is 3.42. The van der Waals surface area contributed by atoms with Crippen molar-refractivity contribution < 1.29 is 19.1 Å². The van der Waals surface area contributed by atoms with Gasteiger partial charge in [0.25, 0.3) is 5.91 Å². The molecular weight excluding hydrogens is 522 g/mol. The lowest BCUT2D eigenvalue weighted by Crippen LogP contribution is -2.41. The number of nitrogens with two attached hydrogens (primary N) is 1. The molecule has 5 rings (SSSR count). The van der Waals surface area contributed by atoms with Crippen LogP contribution in [0.15, 0.2) is 37.1 Å². The van der Waals surface area contributed by atoms with E-state index in [1.165, 1.54) is 22.2 Å². The summed E-state index contributed by atoms with van der Waals surface area (Å²) in [6, 6.07) is 2.01. The molecule has 1 saturated heterocycles. The highest BCUT2D eigenvalue weighted by molar-refractivity contribution is 7.21. The molecule has 4 N–H and O–H groups in total. The van der Waals surface area contributed by atoms with Crippen LogP contribution in [0.25, 0.3) is 15.3 Å². The predicted octanol–water partition coefficient (Wildman–Crippen LogP) is 1.75. The van der Waals surface area contributed by atoms with Gasteiger partial charge in [-0.05, 0) is 32.9 Å². The van der Waals surface area contributed by atoms with Crippen molar-refractivity contribution in [2.75, 3.05) is 37.4 Å². The number of anilines is 2. The maximum atomic E-state index is 13.2. The molecule has 0 aromatic carbocycles. The van der Waals surface area contributed by atoms with Gasteiger partial charge in [0.05, 0.1) is 52.6 Å². The lowest BCUT2D eigenvalue weighted by molar-refractivity contribution is -0.119. The van der Waals surface area contributed by atoms with Crippen LogP contribution < -0.4 is 16.4 Å². The minimum atomic E-state index is -0.486. The average Bonchev–Trinajstić information content (AvgIpc) is 3.62. The normalized spacial score (nSPS) is 14.1. The molecule has 39 heavy (non-hydrogen) atoms. The number of carbonyl (C=O) groups excluding carboxylic acids is 3. The topological polar surface area (TPSA) is 162 Å². The molecule has 1 fully saturated rings. The highest BCUT2D eigenvalue weighted by Gasteiger charge is 2.21. The average molecular weight is 552 g/mol. The number of fused-ring (bicyclic) bond motifs is 1. The van der Waals surface area contributed by atoms with Gasteiger partial charge in [0.1, 0.15) is 11.4 Å². The molecule has 3 amide bonds. The van der Waals surface area contributed by atoms with Crippen LogP contribution >= 0.6 is 11.3 Å². The first-order valence-electron chi connectivity index (χ1n) is 12.4. The van der Waals surface area contributed by atoms with Gasteiger partial charge in [-0.3, -0.25) is 28.9 Å². The summed E-state index contributed by atoms with van der Waals surface area (Å²) >= 11 is 1.37. The summed E-state index contributed by atoms with van der Waals surface area (Å²) in [7, 11) is 1.93. The Labute approximate surface area is 227 Å². The Morgan fingerprint density at radius 3 is 2.72 bits per heavy atom. The molecule has 1 aliphatic rings. The number of thiazole rings is 1. The van der Waals surface area contributed by atoms with Crippen molar-refractivity contribution in [2.24, 2.45) is 5.73 Å². The first kappa shape index (κ1) is 26.5. The van der Waals surface area contributed by atoms with Gasteiger partial charge in [0, 0.05) is 37.2 Å². The second kappa shape index (κ2) is 11.3. The van der Waals surface area contributed by atoms with E-state index >= 15 is 0 Å². The molecule has 0 saturated carbocycles. The number of nitrogens with one attached hydrogen (secondary N) is 2. The van der Waals surface area contributed by atoms with Crippen molar-refractivity contribution in [3.8, 4) is 10.4 Å². The molecule has 13 nitrogen and oxygen atoms in total. The Hall–Kier alpha value is -4.14. The first-order chi connectivity index (χ1) is 18.8. The third kappa shape index (κ3) is 6.13. The van der Waals surface area contributed by atoms with Crippen LogP contribution in [0.5, 0.6) is 0 Å². The van der Waals surface area contributed by atoms with Crippen LogP contribution in [0.4, 0.5) is 11.4 Å². The molecule has 0 unspecified atom stereocenters. The molecule has 204 valence electrons. The number of amides is 3. The van der Waals surface area contributed by atoms with Crippen molar-refractivity contribution in [3.05, 3.63) is 48.3 Å². The summed E-state index contributed by atoms with van der Waals surface area (Å²) in [5.41, 5.74) is 8.00. The van der Waals surface area contributed by atoms with E-state index in [-0.39, 0.29) is 24.9 Å². The van der Waals surface area contributed by atoms with Crippen LogP contribution in [-0.2, 0) is 20.9 Å². The molecule has 4 aromatic heterocycles. The van der Waals surface area contributed by atoms with Crippen LogP contribution in [0, 0.1) is 6.92 Å². The van der Waals surface area contributed by atoms with Crippen LogP contribution in [0.1, 0.15) is 28.9 Å². The van der Waals surface area contributed by atoms with E-state index in [4.69, 9.17) is 10.5 Å². The number of rotatable bonds is 9. The Balaban J connectivity index is 1.26. The van der Waals surface area contributed by atoms with Gasteiger partial charge in [0.2, 0.25) is 11.8 Å². The molecule has 0 spiro atoms. The fourth-order valence-electron chi connectivity index (χ4n) is 4.41. The number of pyridine rings is 1. The lowest BCUT2D eigenvalue weighted by atomic mass is 10.1. The third-order valence-electron chi connectivity index (χ3n) is 6.50. The summed E-state index contributed by atoms with van der Waals surface area (Å²) in [5.74, 6) is -0.994. The van der Waals surface area contributed by atoms with E-state index in [0.717, 1.165) is 23.3 Å². The summed E-state index contributed by atoms with van der Waals surface area (Å²) in [5, 5.41) is 14.2. The Morgan fingerprint density at radius 2 is 1.95 bits per heavy atom.